The molecule has 2 rings (SSSR count). The first-order valence-corrected chi connectivity index (χ1v) is 9.30. The third kappa shape index (κ3) is 4.99. The van der Waals surface area contributed by atoms with Crippen LogP contribution in [0.2, 0.25) is 0 Å². The van der Waals surface area contributed by atoms with Gasteiger partial charge in [-0.3, -0.25) is 9.59 Å². The Hall–Kier alpha value is -3.04. The first kappa shape index (κ1) is 20.3. The number of rotatable bonds is 7. The molecule has 0 heterocycles. The predicted molar refractivity (Wildman–Crippen MR) is 99.6 cm³/mol. The van der Waals surface area contributed by atoms with E-state index in [1.807, 2.05) is 0 Å². The summed E-state index contributed by atoms with van der Waals surface area (Å²) in [6.45, 7) is 3.31. The Bertz CT molecular complexity index is 973. The zero-order chi connectivity index (χ0) is 20.0. The summed E-state index contributed by atoms with van der Waals surface area (Å²) in [6, 6.07) is 9.13. The smallest absolute Gasteiger partial charge is 0.255 e. The molecule has 0 aliphatic carbocycles. The minimum atomic E-state index is -4.12. The van der Waals surface area contributed by atoms with Crippen molar-refractivity contribution in [3.63, 3.8) is 0 Å². The summed E-state index contributed by atoms with van der Waals surface area (Å²) in [4.78, 5) is 23.2. The number of benzene rings is 2. The van der Waals surface area contributed by atoms with Crippen molar-refractivity contribution in [1.82, 2.24) is 10.0 Å². The second-order valence-corrected chi connectivity index (χ2v) is 7.13. The van der Waals surface area contributed by atoms with Crippen LogP contribution in [-0.4, -0.2) is 33.8 Å². The van der Waals surface area contributed by atoms with E-state index in [9.17, 15) is 22.4 Å². The van der Waals surface area contributed by atoms with Crippen molar-refractivity contribution in [3.05, 3.63) is 72.1 Å². The topological polar surface area (TPSA) is 104 Å². The highest BCUT2D eigenvalue weighted by atomic mass is 32.2. The normalized spacial score (nSPS) is 10.9. The van der Waals surface area contributed by atoms with Gasteiger partial charge in [0.1, 0.15) is 10.7 Å². The molecule has 0 unspecified atom stereocenters. The van der Waals surface area contributed by atoms with Crippen LogP contribution in [0.1, 0.15) is 20.7 Å². The monoisotopic (exact) mass is 391 g/mol. The lowest BCUT2D eigenvalue weighted by Crippen LogP contribution is -2.25. The molecule has 0 aliphatic heterocycles. The lowest BCUT2D eigenvalue weighted by atomic mass is 10.1. The van der Waals surface area contributed by atoms with Gasteiger partial charge in [-0.05, 0) is 42.5 Å². The molecule has 0 saturated heterocycles. The number of carbonyl (C=O) groups excluding carboxylic acids is 2. The van der Waals surface area contributed by atoms with Gasteiger partial charge in [-0.15, -0.1) is 6.58 Å². The Morgan fingerprint density at radius 2 is 1.70 bits per heavy atom. The number of sulfonamides is 1. The SMILES string of the molecule is C=CCNS(=O)(=O)c1cc(C(=O)Nc2ccc(C(=O)NC)cc2)ccc1F. The molecule has 0 atom stereocenters. The van der Waals surface area contributed by atoms with E-state index in [0.29, 0.717) is 11.3 Å². The number of nitrogens with one attached hydrogen (secondary N) is 3. The van der Waals surface area contributed by atoms with Gasteiger partial charge in [-0.2, -0.15) is 0 Å². The third-order valence-corrected chi connectivity index (χ3v) is 4.97. The molecule has 0 aliphatic rings. The number of hydrogen-bond donors (Lipinski definition) is 3. The molecule has 0 radical (unpaired) electrons. The minimum Gasteiger partial charge on any atom is -0.355 e. The van der Waals surface area contributed by atoms with Gasteiger partial charge in [-0.1, -0.05) is 6.08 Å². The van der Waals surface area contributed by atoms with Crippen LogP contribution in [0.15, 0.2) is 60.0 Å². The molecule has 0 saturated carbocycles. The molecular formula is C18H18FN3O4S. The molecule has 9 heteroatoms. The summed E-state index contributed by atoms with van der Waals surface area (Å²) in [5.74, 6) is -1.87. The molecule has 2 aromatic rings. The van der Waals surface area contributed by atoms with Gasteiger partial charge in [0, 0.05) is 30.4 Å². The van der Waals surface area contributed by atoms with Crippen molar-refractivity contribution < 1.29 is 22.4 Å². The molecule has 7 nitrogen and oxygen atoms in total. The first-order chi connectivity index (χ1) is 12.8. The van der Waals surface area contributed by atoms with Crippen LogP contribution < -0.4 is 15.4 Å². The molecule has 3 N–H and O–H groups in total. The zero-order valence-corrected chi connectivity index (χ0v) is 15.3. The number of anilines is 1. The second kappa shape index (κ2) is 8.56. The average molecular weight is 391 g/mol. The molecule has 2 amide bonds. The molecule has 0 bridgehead atoms. The Morgan fingerprint density at radius 1 is 1.07 bits per heavy atom. The van der Waals surface area contributed by atoms with Crippen LogP contribution in [-0.2, 0) is 10.0 Å². The van der Waals surface area contributed by atoms with Crippen molar-refractivity contribution in [2.75, 3.05) is 18.9 Å². The fraction of sp³-hybridized carbons (Fsp3) is 0.111. The maximum atomic E-state index is 13.9. The number of halogens is 1. The number of amides is 2. The minimum absolute atomic E-state index is 0.0363. The number of hydrogen-bond acceptors (Lipinski definition) is 4. The van der Waals surface area contributed by atoms with E-state index in [1.54, 1.807) is 0 Å². The average Bonchev–Trinajstić information content (AvgIpc) is 2.66. The van der Waals surface area contributed by atoms with Crippen LogP contribution in [0.3, 0.4) is 0 Å². The molecule has 0 fully saturated rings. The fourth-order valence-electron chi connectivity index (χ4n) is 2.15. The van der Waals surface area contributed by atoms with Crippen molar-refractivity contribution in [2.24, 2.45) is 0 Å². The Morgan fingerprint density at radius 3 is 2.30 bits per heavy atom. The Labute approximate surface area is 156 Å². The van der Waals surface area contributed by atoms with E-state index in [0.717, 1.165) is 12.1 Å². The van der Waals surface area contributed by atoms with Gasteiger partial charge in [0.05, 0.1) is 0 Å². The summed E-state index contributed by atoms with van der Waals surface area (Å²) in [5.41, 5.74) is 0.774. The van der Waals surface area contributed by atoms with E-state index in [4.69, 9.17) is 0 Å². The van der Waals surface area contributed by atoms with Gasteiger partial charge in [0.2, 0.25) is 10.0 Å². The molecule has 142 valence electrons. The van der Waals surface area contributed by atoms with Crippen LogP contribution in [0, 0.1) is 5.82 Å². The lowest BCUT2D eigenvalue weighted by Gasteiger charge is -2.09. The highest BCUT2D eigenvalue weighted by Crippen LogP contribution is 2.18. The third-order valence-electron chi connectivity index (χ3n) is 3.53. The fourth-order valence-corrected chi connectivity index (χ4v) is 3.25. The highest BCUT2D eigenvalue weighted by Gasteiger charge is 2.20. The van der Waals surface area contributed by atoms with E-state index in [2.05, 4.69) is 21.9 Å². The summed E-state index contributed by atoms with van der Waals surface area (Å²) in [6.07, 6.45) is 1.31. The molecular weight excluding hydrogens is 373 g/mol. The predicted octanol–water partition coefficient (Wildman–Crippen LogP) is 1.90. The Balaban J connectivity index is 2.23. The van der Waals surface area contributed by atoms with Crippen molar-refractivity contribution in [3.8, 4) is 0 Å². The van der Waals surface area contributed by atoms with Crippen LogP contribution in [0.5, 0.6) is 0 Å². The van der Waals surface area contributed by atoms with Gasteiger partial charge in [0.15, 0.2) is 0 Å². The maximum Gasteiger partial charge on any atom is 0.255 e. The van der Waals surface area contributed by atoms with Gasteiger partial charge >= 0.3 is 0 Å². The van der Waals surface area contributed by atoms with E-state index in [-0.39, 0.29) is 18.0 Å². The van der Waals surface area contributed by atoms with Crippen LogP contribution >= 0.6 is 0 Å². The van der Waals surface area contributed by atoms with E-state index in [1.165, 1.54) is 43.5 Å². The summed E-state index contributed by atoms with van der Waals surface area (Å²) >= 11 is 0. The molecule has 27 heavy (non-hydrogen) atoms. The van der Waals surface area contributed by atoms with Crippen molar-refractivity contribution in [2.45, 2.75) is 4.90 Å². The van der Waals surface area contributed by atoms with Crippen LogP contribution in [0.4, 0.5) is 10.1 Å². The van der Waals surface area contributed by atoms with Crippen molar-refractivity contribution in [1.29, 1.82) is 0 Å². The molecule has 2 aromatic carbocycles. The zero-order valence-electron chi connectivity index (χ0n) is 14.5. The largest absolute Gasteiger partial charge is 0.355 e. The summed E-state index contributed by atoms with van der Waals surface area (Å²) < 4.78 is 40.3. The van der Waals surface area contributed by atoms with Crippen LogP contribution in [0.25, 0.3) is 0 Å². The van der Waals surface area contributed by atoms with E-state index < -0.39 is 26.6 Å². The lowest BCUT2D eigenvalue weighted by molar-refractivity contribution is 0.0962. The highest BCUT2D eigenvalue weighted by molar-refractivity contribution is 7.89. The first-order valence-electron chi connectivity index (χ1n) is 7.82. The molecule has 0 aromatic heterocycles. The maximum absolute atomic E-state index is 13.9. The summed E-state index contributed by atoms with van der Waals surface area (Å²) in [7, 11) is -2.62. The Kier molecular flexibility index (Phi) is 6.43. The molecule has 0 spiro atoms. The van der Waals surface area contributed by atoms with Gasteiger partial charge in [-0.25, -0.2) is 17.5 Å². The second-order valence-electron chi connectivity index (χ2n) is 5.40. The van der Waals surface area contributed by atoms with Gasteiger partial charge < -0.3 is 10.6 Å². The quantitative estimate of drug-likeness (QED) is 0.627. The number of carbonyl (C=O) groups is 2. The standard InChI is InChI=1S/C18H18FN3O4S/c1-3-10-21-27(25,26)16-11-13(6-9-15(16)19)18(24)22-14-7-4-12(5-8-14)17(23)20-2/h3-9,11,21H,1,10H2,2H3,(H,20,23)(H,22,24). The summed E-state index contributed by atoms with van der Waals surface area (Å²) in [5, 5.41) is 5.04. The van der Waals surface area contributed by atoms with Gasteiger partial charge in [0.25, 0.3) is 11.8 Å². The van der Waals surface area contributed by atoms with E-state index >= 15 is 0 Å². The van der Waals surface area contributed by atoms with Crippen molar-refractivity contribution >= 4 is 27.5 Å².